The number of anilines is 1. The van der Waals surface area contributed by atoms with Gasteiger partial charge >= 0.3 is 5.97 Å². The number of nitrogens with one attached hydrogen (secondary N) is 1. The number of primary sulfonamides is 1. The van der Waals surface area contributed by atoms with Crippen molar-refractivity contribution in [3.05, 3.63) is 18.3 Å². The molecule has 0 spiro atoms. The normalized spacial score (nSPS) is 10.9. The van der Waals surface area contributed by atoms with Crippen LogP contribution in [0.15, 0.2) is 23.2 Å². The van der Waals surface area contributed by atoms with E-state index in [4.69, 9.17) is 9.88 Å². The van der Waals surface area contributed by atoms with Crippen LogP contribution in [0.2, 0.25) is 0 Å². The number of pyridine rings is 1. The third-order valence-electron chi connectivity index (χ3n) is 1.78. The van der Waals surface area contributed by atoms with Gasteiger partial charge in [-0.1, -0.05) is 0 Å². The van der Waals surface area contributed by atoms with Gasteiger partial charge in [-0.15, -0.1) is 0 Å². The number of ether oxygens (including phenoxy) is 1. The molecule has 0 amide bonds. The highest BCUT2D eigenvalue weighted by Crippen LogP contribution is 2.08. The average molecular weight is 259 g/mol. The van der Waals surface area contributed by atoms with Crippen molar-refractivity contribution in [3.8, 4) is 0 Å². The van der Waals surface area contributed by atoms with E-state index in [1.165, 1.54) is 12.1 Å². The minimum absolute atomic E-state index is 0.0322. The number of hydrogen-bond donors (Lipinski definition) is 2. The van der Waals surface area contributed by atoms with Crippen LogP contribution in [0.1, 0.15) is 6.92 Å². The Bertz CT molecular complexity index is 483. The van der Waals surface area contributed by atoms with Crippen molar-refractivity contribution in [2.24, 2.45) is 5.14 Å². The van der Waals surface area contributed by atoms with Crippen LogP contribution >= 0.6 is 0 Å². The summed E-state index contributed by atoms with van der Waals surface area (Å²) >= 11 is 0. The zero-order valence-corrected chi connectivity index (χ0v) is 10.0. The Morgan fingerprint density at radius 3 is 2.71 bits per heavy atom. The highest BCUT2D eigenvalue weighted by Gasteiger charge is 2.08. The lowest BCUT2D eigenvalue weighted by molar-refractivity contribution is -0.140. The van der Waals surface area contributed by atoms with Gasteiger partial charge in [0.05, 0.1) is 6.61 Å². The molecule has 0 unspecified atom stereocenters. The number of rotatable bonds is 5. The molecule has 0 aromatic carbocycles. The van der Waals surface area contributed by atoms with Crippen molar-refractivity contribution in [2.45, 2.75) is 11.8 Å². The summed E-state index contributed by atoms with van der Waals surface area (Å²) in [5, 5.41) is 7.59. The Balaban J connectivity index is 2.60. The quantitative estimate of drug-likeness (QED) is 0.702. The van der Waals surface area contributed by atoms with E-state index in [1.54, 1.807) is 6.92 Å². The highest BCUT2D eigenvalue weighted by atomic mass is 32.2. The molecule has 0 fully saturated rings. The number of esters is 1. The van der Waals surface area contributed by atoms with Crippen LogP contribution in [0.4, 0.5) is 5.82 Å². The summed E-state index contributed by atoms with van der Waals surface area (Å²) in [6.45, 7) is 1.98. The third-order valence-corrected chi connectivity index (χ3v) is 2.68. The Hall–Kier alpha value is -1.67. The van der Waals surface area contributed by atoms with E-state index >= 15 is 0 Å². The maximum atomic E-state index is 11.0. The number of carbonyl (C=O) groups is 1. The van der Waals surface area contributed by atoms with E-state index in [1.807, 2.05) is 0 Å². The lowest BCUT2D eigenvalue weighted by Gasteiger charge is -2.05. The summed E-state index contributed by atoms with van der Waals surface area (Å²) < 4.78 is 26.6. The first kappa shape index (κ1) is 13.4. The van der Waals surface area contributed by atoms with Gasteiger partial charge in [-0.25, -0.2) is 18.5 Å². The fourth-order valence-corrected chi connectivity index (χ4v) is 1.49. The van der Waals surface area contributed by atoms with Gasteiger partial charge < -0.3 is 10.1 Å². The Kier molecular flexibility index (Phi) is 4.41. The predicted molar refractivity (Wildman–Crippen MR) is 60.7 cm³/mol. The van der Waals surface area contributed by atoms with Gasteiger partial charge in [-0.05, 0) is 19.1 Å². The van der Waals surface area contributed by atoms with Crippen molar-refractivity contribution < 1.29 is 17.9 Å². The standard InChI is InChI=1S/C9H13N3O4S/c1-2-16-9(13)6-12-8-4-3-7(5-11-8)17(10,14)15/h3-5H,2,6H2,1H3,(H,11,12)(H2,10,14,15). The number of nitrogens with two attached hydrogens (primary N) is 1. The van der Waals surface area contributed by atoms with E-state index in [9.17, 15) is 13.2 Å². The fraction of sp³-hybridized carbons (Fsp3) is 0.333. The van der Waals surface area contributed by atoms with E-state index < -0.39 is 16.0 Å². The van der Waals surface area contributed by atoms with Crippen LogP contribution in [0.5, 0.6) is 0 Å². The van der Waals surface area contributed by atoms with E-state index in [0.29, 0.717) is 12.4 Å². The summed E-state index contributed by atoms with van der Waals surface area (Å²) in [6.07, 6.45) is 1.11. The van der Waals surface area contributed by atoms with Gasteiger partial charge in [-0.2, -0.15) is 0 Å². The van der Waals surface area contributed by atoms with Crippen molar-refractivity contribution >= 4 is 21.8 Å². The monoisotopic (exact) mass is 259 g/mol. The number of nitrogens with zero attached hydrogens (tertiary/aromatic N) is 1. The van der Waals surface area contributed by atoms with Gasteiger partial charge in [-0.3, -0.25) is 4.79 Å². The van der Waals surface area contributed by atoms with Crippen LogP contribution in [0.25, 0.3) is 0 Å². The van der Waals surface area contributed by atoms with Crippen LogP contribution in [-0.4, -0.2) is 32.5 Å². The van der Waals surface area contributed by atoms with Gasteiger partial charge in [0.1, 0.15) is 17.3 Å². The Labute approximate surface area is 99.0 Å². The minimum Gasteiger partial charge on any atom is -0.465 e. The minimum atomic E-state index is -3.74. The van der Waals surface area contributed by atoms with Crippen molar-refractivity contribution in [2.75, 3.05) is 18.5 Å². The predicted octanol–water partition coefficient (Wildman–Crippen LogP) is -0.296. The molecule has 0 aliphatic carbocycles. The summed E-state index contributed by atoms with van der Waals surface area (Å²) in [6, 6.07) is 2.72. The number of sulfonamides is 1. The van der Waals surface area contributed by atoms with Gasteiger partial charge in [0, 0.05) is 6.20 Å². The molecular formula is C9H13N3O4S. The van der Waals surface area contributed by atoms with Gasteiger partial charge in [0.2, 0.25) is 10.0 Å². The number of aromatic nitrogens is 1. The zero-order chi connectivity index (χ0) is 12.9. The van der Waals surface area contributed by atoms with Crippen LogP contribution in [0, 0.1) is 0 Å². The molecule has 1 aromatic rings. The molecule has 0 bridgehead atoms. The molecule has 0 aliphatic heterocycles. The average Bonchev–Trinajstić information content (AvgIpc) is 2.26. The molecule has 3 N–H and O–H groups in total. The van der Waals surface area contributed by atoms with E-state index in [0.717, 1.165) is 6.20 Å². The largest absolute Gasteiger partial charge is 0.465 e. The first-order valence-corrected chi connectivity index (χ1v) is 6.36. The van der Waals surface area contributed by atoms with Crippen LogP contribution in [0.3, 0.4) is 0 Å². The lowest BCUT2D eigenvalue weighted by Crippen LogP contribution is -2.17. The van der Waals surface area contributed by atoms with E-state index in [-0.39, 0.29) is 11.4 Å². The van der Waals surface area contributed by atoms with Crippen LogP contribution < -0.4 is 10.5 Å². The first-order valence-electron chi connectivity index (χ1n) is 4.82. The van der Waals surface area contributed by atoms with Crippen molar-refractivity contribution in [1.29, 1.82) is 0 Å². The fourth-order valence-electron chi connectivity index (χ4n) is 1.03. The third kappa shape index (κ3) is 4.37. The highest BCUT2D eigenvalue weighted by molar-refractivity contribution is 7.89. The summed E-state index contributed by atoms with van der Waals surface area (Å²) in [7, 11) is -3.74. The molecule has 0 aliphatic rings. The summed E-state index contributed by atoms with van der Waals surface area (Å²) in [4.78, 5) is 14.7. The molecule has 1 rings (SSSR count). The zero-order valence-electron chi connectivity index (χ0n) is 9.21. The maximum absolute atomic E-state index is 11.0. The topological polar surface area (TPSA) is 111 Å². The van der Waals surface area contributed by atoms with Crippen molar-refractivity contribution in [1.82, 2.24) is 4.98 Å². The lowest BCUT2D eigenvalue weighted by atomic mass is 10.4. The molecule has 1 heterocycles. The second kappa shape index (κ2) is 5.60. The second-order valence-electron chi connectivity index (χ2n) is 3.08. The molecule has 1 aromatic heterocycles. The molecule has 0 radical (unpaired) electrons. The molecule has 0 saturated carbocycles. The van der Waals surface area contributed by atoms with Crippen LogP contribution in [-0.2, 0) is 19.6 Å². The molecule has 0 saturated heterocycles. The SMILES string of the molecule is CCOC(=O)CNc1ccc(S(N)(=O)=O)cn1. The molecule has 7 nitrogen and oxygen atoms in total. The van der Waals surface area contributed by atoms with Gasteiger partial charge in [0.15, 0.2) is 0 Å². The van der Waals surface area contributed by atoms with Crippen molar-refractivity contribution in [3.63, 3.8) is 0 Å². The van der Waals surface area contributed by atoms with Gasteiger partial charge in [0.25, 0.3) is 0 Å². The molecule has 94 valence electrons. The molecule has 0 atom stereocenters. The Morgan fingerprint density at radius 1 is 1.53 bits per heavy atom. The molecule has 8 heteroatoms. The maximum Gasteiger partial charge on any atom is 0.325 e. The summed E-state index contributed by atoms with van der Waals surface area (Å²) in [5.41, 5.74) is 0. The number of carbonyl (C=O) groups excluding carboxylic acids is 1. The second-order valence-corrected chi connectivity index (χ2v) is 4.64. The first-order chi connectivity index (χ1) is 7.93. The Morgan fingerprint density at radius 2 is 2.24 bits per heavy atom. The smallest absolute Gasteiger partial charge is 0.325 e. The summed E-state index contributed by atoms with van der Waals surface area (Å²) in [5.74, 6) is -0.0460. The van der Waals surface area contributed by atoms with E-state index in [2.05, 4.69) is 10.3 Å². The number of hydrogen-bond acceptors (Lipinski definition) is 6. The molecule has 17 heavy (non-hydrogen) atoms. The molecular weight excluding hydrogens is 246 g/mol.